The van der Waals surface area contributed by atoms with E-state index in [1.807, 2.05) is 41.8 Å². The van der Waals surface area contributed by atoms with E-state index in [-0.39, 0.29) is 11.9 Å². The van der Waals surface area contributed by atoms with Crippen molar-refractivity contribution in [1.29, 1.82) is 0 Å². The molecule has 9 heteroatoms. The Hall–Kier alpha value is -2.87. The summed E-state index contributed by atoms with van der Waals surface area (Å²) in [6.45, 7) is 0.851. The Labute approximate surface area is 187 Å². The number of carbonyl (C=O) groups is 1. The summed E-state index contributed by atoms with van der Waals surface area (Å²) in [4.78, 5) is 17.2. The van der Waals surface area contributed by atoms with E-state index in [0.717, 1.165) is 16.9 Å². The minimum absolute atomic E-state index is 0.232. The molecule has 0 aliphatic rings. The molecule has 0 bridgehead atoms. The van der Waals surface area contributed by atoms with Crippen molar-refractivity contribution < 1.29 is 9.53 Å². The lowest BCUT2D eigenvalue weighted by atomic mass is 10.2. The molecule has 2 aromatic carbocycles. The van der Waals surface area contributed by atoms with Gasteiger partial charge >= 0.3 is 0 Å². The van der Waals surface area contributed by atoms with E-state index in [1.54, 1.807) is 29.2 Å². The van der Waals surface area contributed by atoms with Gasteiger partial charge in [-0.25, -0.2) is 9.67 Å². The van der Waals surface area contributed by atoms with Crippen LogP contribution >= 0.6 is 34.5 Å². The first-order valence-corrected chi connectivity index (χ1v) is 10.6. The molecular formula is C21H16Cl2N4O2S. The molecule has 1 N–H and O–H groups in total. The first-order valence-electron chi connectivity index (χ1n) is 8.97. The van der Waals surface area contributed by atoms with Gasteiger partial charge in [0.05, 0.1) is 21.5 Å². The standard InChI is InChI=1S/C21H16Cl2N4O2S/c22-17-7-6-14(8-18(17)23)10-27-13-24-21(26-27)25-20(28)19-9-15(12-30-19)11-29-16-4-2-1-3-5-16/h1-9,12-13H,10-11H2,(H,25,26,28). The van der Waals surface area contributed by atoms with Gasteiger partial charge in [-0.2, -0.15) is 0 Å². The van der Waals surface area contributed by atoms with E-state index in [4.69, 9.17) is 27.9 Å². The van der Waals surface area contributed by atoms with Gasteiger partial charge in [0, 0.05) is 5.56 Å². The molecule has 0 saturated heterocycles. The van der Waals surface area contributed by atoms with Crippen LogP contribution in [0, 0.1) is 0 Å². The molecule has 4 aromatic rings. The highest BCUT2D eigenvalue weighted by Crippen LogP contribution is 2.23. The van der Waals surface area contributed by atoms with E-state index in [0.29, 0.717) is 28.1 Å². The summed E-state index contributed by atoms with van der Waals surface area (Å²) in [5.41, 5.74) is 1.85. The van der Waals surface area contributed by atoms with E-state index in [9.17, 15) is 4.79 Å². The van der Waals surface area contributed by atoms with Crippen LogP contribution in [0.15, 0.2) is 66.3 Å². The van der Waals surface area contributed by atoms with Crippen LogP contribution in [0.25, 0.3) is 0 Å². The molecule has 0 aliphatic heterocycles. The molecule has 0 fully saturated rings. The lowest BCUT2D eigenvalue weighted by molar-refractivity contribution is 0.102. The Balaban J connectivity index is 1.34. The molecule has 1 amide bonds. The second-order valence-corrected chi connectivity index (χ2v) is 8.11. The average Bonchev–Trinajstić information content (AvgIpc) is 3.40. The third kappa shape index (κ3) is 5.18. The molecular weight excluding hydrogens is 443 g/mol. The lowest BCUT2D eigenvalue weighted by Gasteiger charge is -2.03. The smallest absolute Gasteiger partial charge is 0.268 e. The van der Waals surface area contributed by atoms with Crippen LogP contribution in [0.2, 0.25) is 10.0 Å². The monoisotopic (exact) mass is 458 g/mol. The summed E-state index contributed by atoms with van der Waals surface area (Å²) in [5, 5.41) is 9.87. The second-order valence-electron chi connectivity index (χ2n) is 6.39. The molecule has 4 rings (SSSR count). The maximum absolute atomic E-state index is 12.5. The fraction of sp³-hybridized carbons (Fsp3) is 0.0952. The third-order valence-corrected chi connectivity index (χ3v) is 5.83. The largest absolute Gasteiger partial charge is 0.489 e. The number of para-hydroxylation sites is 1. The van der Waals surface area contributed by atoms with E-state index in [1.165, 1.54) is 11.3 Å². The number of ether oxygens (including phenoxy) is 1. The van der Waals surface area contributed by atoms with E-state index >= 15 is 0 Å². The maximum Gasteiger partial charge on any atom is 0.268 e. The molecule has 0 radical (unpaired) electrons. The van der Waals surface area contributed by atoms with Gasteiger partial charge in [0.15, 0.2) is 0 Å². The Bertz CT molecular complexity index is 1160. The van der Waals surface area contributed by atoms with Crippen molar-refractivity contribution in [3.05, 3.63) is 92.4 Å². The SMILES string of the molecule is O=C(Nc1ncn(Cc2ccc(Cl)c(Cl)c2)n1)c1cc(COc2ccccc2)cs1. The summed E-state index contributed by atoms with van der Waals surface area (Å²) >= 11 is 13.3. The number of aromatic nitrogens is 3. The zero-order valence-electron chi connectivity index (χ0n) is 15.6. The van der Waals surface area contributed by atoms with E-state index in [2.05, 4.69) is 15.4 Å². The Morgan fingerprint density at radius 3 is 2.70 bits per heavy atom. The van der Waals surface area contributed by atoms with Gasteiger partial charge in [0.2, 0.25) is 5.95 Å². The highest BCUT2D eigenvalue weighted by molar-refractivity contribution is 7.12. The molecule has 0 spiro atoms. The summed E-state index contributed by atoms with van der Waals surface area (Å²) in [7, 11) is 0. The van der Waals surface area contributed by atoms with Crippen molar-refractivity contribution in [3.8, 4) is 5.75 Å². The predicted molar refractivity (Wildman–Crippen MR) is 119 cm³/mol. The second kappa shape index (κ2) is 9.30. The molecule has 30 heavy (non-hydrogen) atoms. The first-order chi connectivity index (χ1) is 14.6. The summed E-state index contributed by atoms with van der Waals surface area (Å²) in [5.74, 6) is 0.750. The molecule has 152 valence electrons. The lowest BCUT2D eigenvalue weighted by Crippen LogP contribution is -2.12. The normalized spacial score (nSPS) is 10.7. The van der Waals surface area contributed by atoms with Crippen molar-refractivity contribution >= 4 is 46.4 Å². The fourth-order valence-electron chi connectivity index (χ4n) is 2.67. The quantitative estimate of drug-likeness (QED) is 0.395. The van der Waals surface area contributed by atoms with Crippen molar-refractivity contribution in [1.82, 2.24) is 14.8 Å². The highest BCUT2D eigenvalue weighted by Gasteiger charge is 2.12. The van der Waals surface area contributed by atoms with Crippen LogP contribution in [0.4, 0.5) is 5.95 Å². The maximum atomic E-state index is 12.5. The number of benzene rings is 2. The summed E-state index contributed by atoms with van der Waals surface area (Å²) < 4.78 is 7.32. The predicted octanol–water partition coefficient (Wildman–Crippen LogP) is 5.53. The molecule has 6 nitrogen and oxygen atoms in total. The number of halogens is 2. The zero-order valence-corrected chi connectivity index (χ0v) is 17.9. The van der Waals surface area contributed by atoms with Gasteiger partial charge < -0.3 is 4.74 Å². The van der Waals surface area contributed by atoms with Crippen LogP contribution < -0.4 is 10.1 Å². The number of anilines is 1. The molecule has 0 aliphatic carbocycles. The number of carbonyl (C=O) groups excluding carboxylic acids is 1. The zero-order chi connectivity index (χ0) is 20.9. The highest BCUT2D eigenvalue weighted by atomic mass is 35.5. The van der Waals surface area contributed by atoms with Crippen LogP contribution in [-0.2, 0) is 13.2 Å². The van der Waals surface area contributed by atoms with Crippen molar-refractivity contribution in [2.45, 2.75) is 13.2 Å². The minimum Gasteiger partial charge on any atom is -0.489 e. The number of nitrogens with one attached hydrogen (secondary N) is 1. The van der Waals surface area contributed by atoms with Crippen molar-refractivity contribution in [2.24, 2.45) is 0 Å². The summed E-state index contributed by atoms with van der Waals surface area (Å²) in [6, 6.07) is 16.7. The van der Waals surface area contributed by atoms with Crippen LogP contribution in [0.1, 0.15) is 20.8 Å². The number of nitrogens with zero attached hydrogens (tertiary/aromatic N) is 3. The van der Waals surface area contributed by atoms with Gasteiger partial charge in [0.1, 0.15) is 18.7 Å². The van der Waals surface area contributed by atoms with E-state index < -0.39 is 0 Å². The number of hydrogen-bond donors (Lipinski definition) is 1. The molecule has 2 heterocycles. The Morgan fingerprint density at radius 1 is 1.07 bits per heavy atom. The van der Waals surface area contributed by atoms with Crippen LogP contribution in [0.5, 0.6) is 5.75 Å². The Morgan fingerprint density at radius 2 is 1.90 bits per heavy atom. The minimum atomic E-state index is -0.266. The van der Waals surface area contributed by atoms with Crippen LogP contribution in [0.3, 0.4) is 0 Å². The van der Waals surface area contributed by atoms with Crippen molar-refractivity contribution in [2.75, 3.05) is 5.32 Å². The number of rotatable bonds is 7. The van der Waals surface area contributed by atoms with Gasteiger partial charge in [-0.15, -0.1) is 16.4 Å². The number of thiophene rings is 1. The third-order valence-electron chi connectivity index (χ3n) is 4.12. The molecule has 0 saturated carbocycles. The first kappa shape index (κ1) is 20.4. The molecule has 0 atom stereocenters. The molecule has 0 unspecified atom stereocenters. The number of amides is 1. The fourth-order valence-corrected chi connectivity index (χ4v) is 3.78. The summed E-state index contributed by atoms with van der Waals surface area (Å²) in [6.07, 6.45) is 1.55. The van der Waals surface area contributed by atoms with Gasteiger partial charge in [-0.3, -0.25) is 10.1 Å². The number of hydrogen-bond acceptors (Lipinski definition) is 5. The average molecular weight is 459 g/mol. The van der Waals surface area contributed by atoms with Gasteiger partial charge in [-0.05, 0) is 41.3 Å². The van der Waals surface area contributed by atoms with Crippen molar-refractivity contribution in [3.63, 3.8) is 0 Å². The molecule has 2 aromatic heterocycles. The Kier molecular flexibility index (Phi) is 6.32. The van der Waals surface area contributed by atoms with Gasteiger partial charge in [-0.1, -0.05) is 47.5 Å². The van der Waals surface area contributed by atoms with Crippen LogP contribution in [-0.4, -0.2) is 20.7 Å². The topological polar surface area (TPSA) is 69.0 Å². The van der Waals surface area contributed by atoms with Gasteiger partial charge in [0.25, 0.3) is 5.91 Å².